The molecule has 29 heavy (non-hydrogen) atoms. The summed E-state index contributed by atoms with van der Waals surface area (Å²) in [7, 11) is 0. The van der Waals surface area contributed by atoms with Gasteiger partial charge >= 0.3 is 0 Å². The van der Waals surface area contributed by atoms with Crippen LogP contribution in [0.4, 0.5) is 0 Å². The maximum Gasteiger partial charge on any atom is 0.275 e. The zero-order chi connectivity index (χ0) is 20.4. The second kappa shape index (κ2) is 7.64. The Morgan fingerprint density at radius 3 is 2.55 bits per heavy atom. The third-order valence-electron chi connectivity index (χ3n) is 5.09. The predicted octanol–water partition coefficient (Wildman–Crippen LogP) is 4.72. The molecule has 0 bridgehead atoms. The minimum absolute atomic E-state index is 0.0739. The summed E-state index contributed by atoms with van der Waals surface area (Å²) in [4.78, 5) is 12.5. The number of carbonyl (C=O) groups excluding carboxylic acids is 1. The van der Waals surface area contributed by atoms with Gasteiger partial charge in [0, 0.05) is 11.9 Å². The molecule has 0 fully saturated rings. The summed E-state index contributed by atoms with van der Waals surface area (Å²) in [6, 6.07) is 20.8. The van der Waals surface area contributed by atoms with Crippen LogP contribution in [0.5, 0.6) is 5.75 Å². The van der Waals surface area contributed by atoms with Crippen molar-refractivity contribution in [3.8, 4) is 11.4 Å². The Morgan fingerprint density at radius 2 is 1.76 bits per heavy atom. The Bertz CT molecular complexity index is 1240. The van der Waals surface area contributed by atoms with E-state index in [1.807, 2.05) is 59.3 Å². The molecule has 0 saturated heterocycles. The fourth-order valence-corrected chi connectivity index (χ4v) is 3.34. The second-order valence-electron chi connectivity index (χ2n) is 6.94. The number of aromatic nitrogens is 1. The van der Waals surface area contributed by atoms with Crippen LogP contribution >= 0.6 is 0 Å². The van der Waals surface area contributed by atoms with E-state index in [4.69, 9.17) is 0 Å². The lowest BCUT2D eigenvalue weighted by molar-refractivity contribution is 0.0952. The molecular weight excluding hydrogens is 362 g/mol. The van der Waals surface area contributed by atoms with Crippen LogP contribution in [0, 0.1) is 13.8 Å². The molecule has 4 aromatic rings. The van der Waals surface area contributed by atoms with Crippen LogP contribution in [0.2, 0.25) is 0 Å². The Morgan fingerprint density at radius 1 is 1.00 bits per heavy atom. The number of nitrogens with zero attached hydrogens (tertiary/aromatic N) is 2. The number of phenols is 1. The smallest absolute Gasteiger partial charge is 0.275 e. The number of rotatable bonds is 4. The van der Waals surface area contributed by atoms with Crippen LogP contribution in [-0.2, 0) is 0 Å². The van der Waals surface area contributed by atoms with Crippen LogP contribution < -0.4 is 5.43 Å². The van der Waals surface area contributed by atoms with E-state index in [9.17, 15) is 9.90 Å². The molecule has 0 unspecified atom stereocenters. The quantitative estimate of drug-likeness (QED) is 0.396. The highest BCUT2D eigenvalue weighted by Gasteiger charge is 2.12. The van der Waals surface area contributed by atoms with Crippen LogP contribution in [0.1, 0.15) is 27.2 Å². The summed E-state index contributed by atoms with van der Waals surface area (Å²) in [5, 5.41) is 16.0. The molecule has 0 aliphatic rings. The highest BCUT2D eigenvalue weighted by Crippen LogP contribution is 2.25. The normalized spacial score (nSPS) is 11.2. The van der Waals surface area contributed by atoms with Gasteiger partial charge in [-0.15, -0.1) is 0 Å². The number of benzene rings is 3. The van der Waals surface area contributed by atoms with E-state index in [0.29, 0.717) is 0 Å². The lowest BCUT2D eigenvalue weighted by Gasteiger charge is -2.11. The van der Waals surface area contributed by atoms with E-state index >= 15 is 0 Å². The molecule has 4 rings (SSSR count). The van der Waals surface area contributed by atoms with Gasteiger partial charge in [0.2, 0.25) is 0 Å². The minimum Gasteiger partial charge on any atom is -0.507 e. The van der Waals surface area contributed by atoms with Gasteiger partial charge in [0.15, 0.2) is 0 Å². The topological polar surface area (TPSA) is 66.6 Å². The number of aromatic hydroxyl groups is 1. The lowest BCUT2D eigenvalue weighted by atomic mass is 10.1. The number of fused-ring (bicyclic) bond motifs is 1. The van der Waals surface area contributed by atoms with Gasteiger partial charge in [-0.3, -0.25) is 4.79 Å². The standard InChI is InChI=1S/C24H21N3O2/c1-16-7-5-11-22(17(16)2)27-12-6-10-20(27)15-25-26-24(29)21-13-18-8-3-4-9-19(18)14-23(21)28/h3-15,28H,1-2H3,(H,26,29). The molecule has 5 heteroatoms. The minimum atomic E-state index is -0.464. The summed E-state index contributed by atoms with van der Waals surface area (Å²) in [6.45, 7) is 4.15. The number of hydrogen-bond acceptors (Lipinski definition) is 3. The highest BCUT2D eigenvalue weighted by atomic mass is 16.3. The van der Waals surface area contributed by atoms with Crippen molar-refractivity contribution < 1.29 is 9.90 Å². The molecule has 1 amide bonds. The van der Waals surface area contributed by atoms with Gasteiger partial charge in [0.25, 0.3) is 5.91 Å². The van der Waals surface area contributed by atoms with Crippen molar-refractivity contribution in [1.82, 2.24) is 9.99 Å². The van der Waals surface area contributed by atoms with Crippen LogP contribution in [0.25, 0.3) is 16.5 Å². The van der Waals surface area contributed by atoms with Gasteiger partial charge in [-0.05, 0) is 66.1 Å². The highest BCUT2D eigenvalue weighted by molar-refractivity contribution is 6.01. The summed E-state index contributed by atoms with van der Waals surface area (Å²) in [6.07, 6.45) is 3.55. The Kier molecular flexibility index (Phi) is 4.87. The fraction of sp³-hybridized carbons (Fsp3) is 0.0833. The SMILES string of the molecule is Cc1cccc(-n2cccc2C=NNC(=O)c2cc3ccccc3cc2O)c1C. The number of phenolic OH excluding ortho intramolecular Hbond substituents is 1. The molecule has 1 aromatic heterocycles. The Hall–Kier alpha value is -3.86. The molecule has 0 saturated carbocycles. The summed E-state index contributed by atoms with van der Waals surface area (Å²) in [5.74, 6) is -0.537. The van der Waals surface area contributed by atoms with Crippen LogP contribution in [-0.4, -0.2) is 21.8 Å². The molecule has 0 atom stereocenters. The van der Waals surface area contributed by atoms with Gasteiger partial charge in [0.05, 0.1) is 17.5 Å². The first kappa shape index (κ1) is 18.5. The van der Waals surface area contributed by atoms with Crippen molar-refractivity contribution in [1.29, 1.82) is 0 Å². The third-order valence-corrected chi connectivity index (χ3v) is 5.09. The second-order valence-corrected chi connectivity index (χ2v) is 6.94. The van der Waals surface area contributed by atoms with E-state index in [0.717, 1.165) is 22.2 Å². The number of hydrogen-bond donors (Lipinski definition) is 2. The van der Waals surface area contributed by atoms with E-state index in [1.54, 1.807) is 18.3 Å². The first-order chi connectivity index (χ1) is 14.0. The third kappa shape index (κ3) is 3.62. The van der Waals surface area contributed by atoms with Crippen LogP contribution in [0.3, 0.4) is 0 Å². The van der Waals surface area contributed by atoms with Crippen molar-refractivity contribution in [3.63, 3.8) is 0 Å². The first-order valence-electron chi connectivity index (χ1n) is 9.34. The van der Waals surface area contributed by atoms with E-state index in [1.165, 1.54) is 11.1 Å². The van der Waals surface area contributed by atoms with E-state index in [2.05, 4.69) is 30.4 Å². The molecule has 0 aliphatic carbocycles. The van der Waals surface area contributed by atoms with Gasteiger partial charge in [-0.2, -0.15) is 5.10 Å². The molecule has 1 heterocycles. The molecule has 2 N–H and O–H groups in total. The largest absolute Gasteiger partial charge is 0.507 e. The number of hydrazone groups is 1. The number of aryl methyl sites for hydroxylation is 1. The summed E-state index contributed by atoms with van der Waals surface area (Å²) < 4.78 is 2.02. The van der Waals surface area contributed by atoms with E-state index < -0.39 is 5.91 Å². The molecule has 0 spiro atoms. The Labute approximate surface area is 168 Å². The summed E-state index contributed by atoms with van der Waals surface area (Å²) in [5.41, 5.74) is 6.98. The number of amides is 1. The van der Waals surface area contributed by atoms with Gasteiger partial charge < -0.3 is 9.67 Å². The van der Waals surface area contributed by atoms with Crippen molar-refractivity contribution in [3.05, 3.63) is 95.3 Å². The Balaban J connectivity index is 1.56. The molecule has 0 radical (unpaired) electrons. The van der Waals surface area contributed by atoms with Gasteiger partial charge in [0.1, 0.15) is 5.75 Å². The van der Waals surface area contributed by atoms with Crippen LogP contribution in [0.15, 0.2) is 78.0 Å². The maximum atomic E-state index is 12.5. The average Bonchev–Trinajstić information content (AvgIpc) is 3.17. The molecule has 3 aromatic carbocycles. The lowest BCUT2D eigenvalue weighted by Crippen LogP contribution is -2.18. The predicted molar refractivity (Wildman–Crippen MR) is 116 cm³/mol. The van der Waals surface area contributed by atoms with Gasteiger partial charge in [-0.25, -0.2) is 5.43 Å². The average molecular weight is 383 g/mol. The fourth-order valence-electron chi connectivity index (χ4n) is 3.34. The van der Waals surface area contributed by atoms with E-state index in [-0.39, 0.29) is 11.3 Å². The molecule has 0 aliphatic heterocycles. The number of carbonyl (C=O) groups is 1. The van der Waals surface area contributed by atoms with Crippen molar-refractivity contribution in [2.24, 2.45) is 5.10 Å². The van der Waals surface area contributed by atoms with Gasteiger partial charge in [-0.1, -0.05) is 36.4 Å². The van der Waals surface area contributed by atoms with Crippen molar-refractivity contribution >= 4 is 22.9 Å². The summed E-state index contributed by atoms with van der Waals surface area (Å²) >= 11 is 0. The molecule has 5 nitrogen and oxygen atoms in total. The first-order valence-corrected chi connectivity index (χ1v) is 9.34. The number of nitrogens with one attached hydrogen (secondary N) is 1. The maximum absolute atomic E-state index is 12.5. The van der Waals surface area contributed by atoms with Crippen molar-refractivity contribution in [2.45, 2.75) is 13.8 Å². The zero-order valence-corrected chi connectivity index (χ0v) is 16.3. The molecule has 144 valence electrons. The molecular formula is C24H21N3O2. The monoisotopic (exact) mass is 383 g/mol. The zero-order valence-electron chi connectivity index (χ0n) is 16.3. The van der Waals surface area contributed by atoms with Crippen molar-refractivity contribution in [2.75, 3.05) is 0 Å².